The van der Waals surface area contributed by atoms with E-state index in [0.29, 0.717) is 11.7 Å². The summed E-state index contributed by atoms with van der Waals surface area (Å²) >= 11 is 0. The van der Waals surface area contributed by atoms with E-state index in [1.165, 1.54) is 10.1 Å². The van der Waals surface area contributed by atoms with Crippen LogP contribution in [0.15, 0.2) is 47.3 Å². The maximum atomic E-state index is 11.8. The molecule has 130 valence electrons. The number of rotatable bonds is 3. The molecule has 0 spiro atoms. The van der Waals surface area contributed by atoms with Gasteiger partial charge in [-0.15, -0.1) is 5.10 Å². The van der Waals surface area contributed by atoms with Gasteiger partial charge in [-0.1, -0.05) is 30.3 Å². The topological polar surface area (TPSA) is 69.5 Å². The second kappa shape index (κ2) is 6.68. The third-order valence-electron chi connectivity index (χ3n) is 4.73. The molecule has 0 radical (unpaired) electrons. The Bertz CT molecular complexity index is 903. The van der Waals surface area contributed by atoms with E-state index < -0.39 is 0 Å². The van der Waals surface area contributed by atoms with Gasteiger partial charge in [0.05, 0.1) is 0 Å². The number of H-pyrrole nitrogens is 1. The van der Waals surface area contributed by atoms with Crippen LogP contribution in [0.4, 0.5) is 5.82 Å². The molecule has 7 heteroatoms. The van der Waals surface area contributed by atoms with Crippen LogP contribution in [0.2, 0.25) is 0 Å². The first-order valence-corrected chi connectivity index (χ1v) is 8.68. The van der Waals surface area contributed by atoms with Gasteiger partial charge >= 0.3 is 5.69 Å². The summed E-state index contributed by atoms with van der Waals surface area (Å²) in [6.07, 6.45) is 1.07. The van der Waals surface area contributed by atoms with Gasteiger partial charge in [0.25, 0.3) is 0 Å². The first-order valence-electron chi connectivity index (χ1n) is 8.68. The lowest BCUT2D eigenvalue weighted by molar-refractivity contribution is 0.268. The molecular weight excluding hydrogens is 316 g/mol. The fourth-order valence-electron chi connectivity index (χ4n) is 3.52. The van der Waals surface area contributed by atoms with Gasteiger partial charge in [-0.05, 0) is 31.0 Å². The molecule has 0 unspecified atom stereocenters. The lowest BCUT2D eigenvalue weighted by Crippen LogP contribution is -2.39. The highest BCUT2D eigenvalue weighted by Crippen LogP contribution is 2.19. The number of fused-ring (bicyclic) bond motifs is 1. The number of aromatic amines is 1. The van der Waals surface area contributed by atoms with Crippen LogP contribution in [0.3, 0.4) is 0 Å². The van der Waals surface area contributed by atoms with Crippen LogP contribution < -0.4 is 10.6 Å². The maximum absolute atomic E-state index is 11.8. The molecule has 3 aromatic rings. The number of benzene rings is 1. The Morgan fingerprint density at radius 3 is 2.84 bits per heavy atom. The summed E-state index contributed by atoms with van der Waals surface area (Å²) < 4.78 is 1.33. The van der Waals surface area contributed by atoms with Gasteiger partial charge in [0.2, 0.25) is 0 Å². The zero-order valence-corrected chi connectivity index (χ0v) is 14.3. The Morgan fingerprint density at radius 2 is 2.00 bits per heavy atom. The Balaban J connectivity index is 1.53. The molecule has 1 N–H and O–H groups in total. The lowest BCUT2D eigenvalue weighted by Gasteiger charge is -2.29. The van der Waals surface area contributed by atoms with E-state index >= 15 is 0 Å². The zero-order chi connectivity index (χ0) is 17.2. The first kappa shape index (κ1) is 15.8. The average Bonchev–Trinajstić information content (AvgIpc) is 2.89. The van der Waals surface area contributed by atoms with Crippen molar-refractivity contribution in [2.45, 2.75) is 25.9 Å². The van der Waals surface area contributed by atoms with Crippen molar-refractivity contribution in [1.82, 2.24) is 24.7 Å². The molecule has 1 aliphatic heterocycles. The standard InChI is InChI=1S/C18H22N6O/c1-14-12-22(13-15-6-3-2-4-7-15)10-5-11-23(14)17-9-8-16-19-20-18(25)24(16)21-17/h2-4,6-9,14H,5,10-13H2,1H3,(H,20,25)/t14-/m0/s1. The smallest absolute Gasteiger partial charge is 0.351 e. The lowest BCUT2D eigenvalue weighted by atomic mass is 10.2. The van der Waals surface area contributed by atoms with Crippen molar-refractivity contribution < 1.29 is 0 Å². The molecule has 1 atom stereocenters. The van der Waals surface area contributed by atoms with E-state index in [0.717, 1.165) is 38.4 Å². The van der Waals surface area contributed by atoms with Crippen molar-refractivity contribution in [2.75, 3.05) is 24.5 Å². The van der Waals surface area contributed by atoms with Gasteiger partial charge in [0.15, 0.2) is 5.65 Å². The molecule has 0 amide bonds. The molecule has 0 saturated carbocycles. The highest BCUT2D eigenvalue weighted by atomic mass is 16.2. The number of hydrogen-bond acceptors (Lipinski definition) is 5. The summed E-state index contributed by atoms with van der Waals surface area (Å²) in [5.41, 5.74) is 1.58. The second-order valence-electron chi connectivity index (χ2n) is 6.61. The maximum Gasteiger partial charge on any atom is 0.364 e. The Morgan fingerprint density at radius 1 is 1.16 bits per heavy atom. The van der Waals surface area contributed by atoms with Gasteiger partial charge in [0.1, 0.15) is 5.82 Å². The zero-order valence-electron chi connectivity index (χ0n) is 14.3. The van der Waals surface area contributed by atoms with Crippen LogP contribution in [-0.2, 0) is 6.54 Å². The van der Waals surface area contributed by atoms with Crippen molar-refractivity contribution in [3.63, 3.8) is 0 Å². The molecule has 0 aliphatic carbocycles. The molecule has 1 aliphatic rings. The molecular formula is C18H22N6O. The minimum Gasteiger partial charge on any atom is -0.351 e. The molecule has 1 aromatic carbocycles. The SMILES string of the molecule is C[C@H]1CN(Cc2ccccc2)CCCN1c1ccc2n[nH]c(=O)n2n1. The van der Waals surface area contributed by atoms with Gasteiger partial charge in [-0.3, -0.25) is 4.90 Å². The number of nitrogens with zero attached hydrogens (tertiary/aromatic N) is 5. The normalized spacial score (nSPS) is 19.2. The Kier molecular flexibility index (Phi) is 4.23. The van der Waals surface area contributed by atoms with Crippen LogP contribution in [0.5, 0.6) is 0 Å². The Hall–Kier alpha value is -2.67. The van der Waals surface area contributed by atoms with Crippen LogP contribution in [0.1, 0.15) is 18.9 Å². The van der Waals surface area contributed by atoms with Crippen molar-refractivity contribution in [1.29, 1.82) is 0 Å². The quantitative estimate of drug-likeness (QED) is 0.784. The van der Waals surface area contributed by atoms with E-state index in [-0.39, 0.29) is 5.69 Å². The number of aromatic nitrogens is 4. The van der Waals surface area contributed by atoms with Gasteiger partial charge < -0.3 is 4.90 Å². The summed E-state index contributed by atoms with van der Waals surface area (Å²) in [6, 6.07) is 14.7. The van der Waals surface area contributed by atoms with Crippen LogP contribution in [-0.4, -0.2) is 50.4 Å². The van der Waals surface area contributed by atoms with Crippen molar-refractivity contribution in [2.24, 2.45) is 0 Å². The molecule has 3 heterocycles. The highest BCUT2D eigenvalue weighted by Gasteiger charge is 2.23. The summed E-state index contributed by atoms with van der Waals surface area (Å²) in [6.45, 7) is 6.14. The van der Waals surface area contributed by atoms with Gasteiger partial charge in [-0.2, -0.15) is 9.61 Å². The number of nitrogens with one attached hydrogen (secondary N) is 1. The van der Waals surface area contributed by atoms with E-state index in [1.807, 2.05) is 12.1 Å². The fourth-order valence-corrected chi connectivity index (χ4v) is 3.52. The van der Waals surface area contributed by atoms with Gasteiger partial charge in [-0.25, -0.2) is 9.89 Å². The number of hydrogen-bond donors (Lipinski definition) is 1. The van der Waals surface area contributed by atoms with Crippen molar-refractivity contribution in [3.8, 4) is 0 Å². The fraction of sp³-hybridized carbons (Fsp3) is 0.389. The van der Waals surface area contributed by atoms with Crippen molar-refractivity contribution >= 4 is 11.5 Å². The van der Waals surface area contributed by atoms with Crippen molar-refractivity contribution in [3.05, 3.63) is 58.5 Å². The highest BCUT2D eigenvalue weighted by molar-refractivity contribution is 5.45. The van der Waals surface area contributed by atoms with E-state index in [1.54, 1.807) is 0 Å². The molecule has 1 fully saturated rings. The number of anilines is 1. The minimum absolute atomic E-state index is 0.301. The molecule has 4 rings (SSSR count). The van der Waals surface area contributed by atoms with Crippen LogP contribution in [0, 0.1) is 0 Å². The predicted molar refractivity (Wildman–Crippen MR) is 96.8 cm³/mol. The monoisotopic (exact) mass is 338 g/mol. The third kappa shape index (κ3) is 3.28. The van der Waals surface area contributed by atoms with E-state index in [2.05, 4.69) is 62.4 Å². The summed E-state index contributed by atoms with van der Waals surface area (Å²) in [5, 5.41) is 10.8. The summed E-state index contributed by atoms with van der Waals surface area (Å²) in [5.74, 6) is 0.824. The summed E-state index contributed by atoms with van der Waals surface area (Å²) in [7, 11) is 0. The largest absolute Gasteiger partial charge is 0.364 e. The third-order valence-corrected chi connectivity index (χ3v) is 4.73. The van der Waals surface area contributed by atoms with Gasteiger partial charge in [0, 0.05) is 32.2 Å². The molecule has 7 nitrogen and oxygen atoms in total. The predicted octanol–water partition coefficient (Wildman–Crippen LogP) is 1.52. The molecule has 25 heavy (non-hydrogen) atoms. The summed E-state index contributed by atoms with van der Waals surface area (Å²) in [4.78, 5) is 16.5. The van der Waals surface area contributed by atoms with Crippen LogP contribution >= 0.6 is 0 Å². The van der Waals surface area contributed by atoms with E-state index in [9.17, 15) is 4.79 Å². The minimum atomic E-state index is -0.301. The molecule has 2 aromatic heterocycles. The average molecular weight is 338 g/mol. The molecule has 1 saturated heterocycles. The molecule has 0 bridgehead atoms. The Labute approximate surface area is 145 Å². The second-order valence-corrected chi connectivity index (χ2v) is 6.61. The van der Waals surface area contributed by atoms with E-state index in [4.69, 9.17) is 0 Å². The first-order chi connectivity index (χ1) is 12.2. The van der Waals surface area contributed by atoms with Crippen LogP contribution in [0.25, 0.3) is 5.65 Å².